The van der Waals surface area contributed by atoms with Gasteiger partial charge in [0.15, 0.2) is 0 Å². The molecule has 2 rings (SSSR count). The third-order valence-electron chi connectivity index (χ3n) is 3.14. The lowest BCUT2D eigenvalue weighted by atomic mass is 10.1. The fourth-order valence-electron chi connectivity index (χ4n) is 2.00. The van der Waals surface area contributed by atoms with E-state index < -0.39 is 11.9 Å². The smallest absolute Gasteiger partial charge is 0.328 e. The normalized spacial score (nSPS) is 10.6. The number of carboxylic acid groups (broad SMARTS) is 1. The van der Waals surface area contributed by atoms with E-state index in [1.807, 2.05) is 0 Å². The third kappa shape index (κ3) is 5.00. The second-order valence-electron chi connectivity index (χ2n) is 4.81. The summed E-state index contributed by atoms with van der Waals surface area (Å²) in [6, 6.07) is 13.5. The highest BCUT2D eigenvalue weighted by atomic mass is 16.5. The Morgan fingerprint density at radius 3 is 2.48 bits per heavy atom. The molecule has 0 saturated heterocycles. The van der Waals surface area contributed by atoms with Crippen molar-refractivity contribution in [1.29, 1.82) is 0 Å². The summed E-state index contributed by atoms with van der Waals surface area (Å²) >= 11 is 0. The minimum atomic E-state index is -1.08. The zero-order chi connectivity index (χ0) is 16.7. The molecule has 0 fully saturated rings. The molecule has 2 aromatic rings. The van der Waals surface area contributed by atoms with Crippen LogP contribution in [-0.4, -0.2) is 22.2 Å². The molecule has 0 aliphatic heterocycles. The van der Waals surface area contributed by atoms with Gasteiger partial charge in [-0.15, -0.1) is 0 Å². The van der Waals surface area contributed by atoms with Crippen molar-refractivity contribution >= 4 is 18.0 Å². The Labute approximate surface area is 133 Å². The molecule has 23 heavy (non-hydrogen) atoms. The van der Waals surface area contributed by atoms with E-state index in [0.717, 1.165) is 6.08 Å². The van der Waals surface area contributed by atoms with Gasteiger partial charge < -0.3 is 14.9 Å². The first-order valence-corrected chi connectivity index (χ1v) is 7.04. The van der Waals surface area contributed by atoms with Crippen LogP contribution in [0, 0.1) is 0 Å². The van der Waals surface area contributed by atoms with E-state index in [1.54, 1.807) is 48.5 Å². The van der Waals surface area contributed by atoms with Crippen molar-refractivity contribution < 1.29 is 24.5 Å². The predicted molar refractivity (Wildman–Crippen MR) is 85.2 cm³/mol. The van der Waals surface area contributed by atoms with Crippen LogP contribution >= 0.6 is 0 Å². The zero-order valence-corrected chi connectivity index (χ0v) is 12.3. The van der Waals surface area contributed by atoms with Gasteiger partial charge in [0.1, 0.15) is 11.5 Å². The van der Waals surface area contributed by atoms with Crippen molar-refractivity contribution in [2.75, 3.05) is 0 Å². The van der Waals surface area contributed by atoms with Crippen LogP contribution in [0.4, 0.5) is 0 Å². The van der Waals surface area contributed by atoms with Gasteiger partial charge in [-0.3, -0.25) is 4.79 Å². The molecular formula is C18H16O5. The van der Waals surface area contributed by atoms with E-state index in [-0.39, 0.29) is 12.2 Å². The first kappa shape index (κ1) is 16.3. The maximum atomic E-state index is 11.9. The lowest BCUT2D eigenvalue weighted by molar-refractivity contribution is -0.134. The van der Waals surface area contributed by atoms with Gasteiger partial charge in [0.2, 0.25) is 0 Å². The molecular weight excluding hydrogens is 296 g/mol. The Kier molecular flexibility index (Phi) is 5.52. The molecule has 0 bridgehead atoms. The van der Waals surface area contributed by atoms with Gasteiger partial charge in [0.25, 0.3) is 0 Å². The van der Waals surface area contributed by atoms with E-state index in [2.05, 4.69) is 0 Å². The van der Waals surface area contributed by atoms with Crippen LogP contribution in [0.1, 0.15) is 17.5 Å². The maximum absolute atomic E-state index is 11.9. The Morgan fingerprint density at radius 2 is 1.74 bits per heavy atom. The number of phenols is 1. The fourth-order valence-corrected chi connectivity index (χ4v) is 2.00. The van der Waals surface area contributed by atoms with Crippen LogP contribution in [0.5, 0.6) is 11.5 Å². The summed E-state index contributed by atoms with van der Waals surface area (Å²) in [6.07, 6.45) is 2.82. The largest absolute Gasteiger partial charge is 0.508 e. The molecule has 2 N–H and O–H groups in total. The number of carbonyl (C=O) groups is 2. The van der Waals surface area contributed by atoms with E-state index >= 15 is 0 Å². The Hall–Kier alpha value is -3.08. The van der Waals surface area contributed by atoms with Crippen molar-refractivity contribution in [3.8, 4) is 11.5 Å². The van der Waals surface area contributed by atoms with Crippen LogP contribution in [0.3, 0.4) is 0 Å². The number of hydrogen-bond donors (Lipinski definition) is 2. The molecule has 2 aromatic carbocycles. The highest BCUT2D eigenvalue weighted by Crippen LogP contribution is 2.21. The quantitative estimate of drug-likeness (QED) is 0.486. The fraction of sp³-hybridized carbons (Fsp3) is 0.111. The second kappa shape index (κ2) is 7.79. The van der Waals surface area contributed by atoms with Gasteiger partial charge in [-0.1, -0.05) is 36.4 Å². The van der Waals surface area contributed by atoms with E-state index in [9.17, 15) is 14.7 Å². The molecule has 0 heterocycles. The summed E-state index contributed by atoms with van der Waals surface area (Å²) in [4.78, 5) is 22.5. The Balaban J connectivity index is 2.00. The number of esters is 1. The number of benzene rings is 2. The van der Waals surface area contributed by atoms with Gasteiger partial charge in [-0.2, -0.15) is 0 Å². The van der Waals surface area contributed by atoms with Crippen molar-refractivity contribution in [1.82, 2.24) is 0 Å². The van der Waals surface area contributed by atoms with E-state index in [1.165, 1.54) is 6.08 Å². The number of aryl methyl sites for hydroxylation is 1. The molecule has 0 aliphatic rings. The number of aromatic hydroxyl groups is 1. The highest BCUT2D eigenvalue weighted by Gasteiger charge is 2.09. The molecule has 0 amide bonds. The molecule has 0 spiro atoms. The average Bonchev–Trinajstić information content (AvgIpc) is 2.53. The number of carbonyl (C=O) groups excluding carboxylic acids is 1. The number of ether oxygens (including phenoxy) is 1. The van der Waals surface area contributed by atoms with Crippen LogP contribution in [-0.2, 0) is 16.0 Å². The number of aliphatic carboxylic acids is 1. The monoisotopic (exact) mass is 312 g/mol. The first-order chi connectivity index (χ1) is 11.1. The van der Waals surface area contributed by atoms with Gasteiger partial charge in [0, 0.05) is 11.6 Å². The van der Waals surface area contributed by atoms with Crippen molar-refractivity contribution in [3.63, 3.8) is 0 Å². The maximum Gasteiger partial charge on any atom is 0.328 e. The van der Waals surface area contributed by atoms with E-state index in [0.29, 0.717) is 23.3 Å². The number of hydrogen-bond acceptors (Lipinski definition) is 4. The molecule has 0 unspecified atom stereocenters. The minimum Gasteiger partial charge on any atom is -0.508 e. The summed E-state index contributed by atoms with van der Waals surface area (Å²) in [5.41, 5.74) is 1.18. The van der Waals surface area contributed by atoms with Crippen molar-refractivity contribution in [2.45, 2.75) is 12.8 Å². The van der Waals surface area contributed by atoms with Gasteiger partial charge in [-0.25, -0.2) is 4.79 Å². The summed E-state index contributed by atoms with van der Waals surface area (Å²) in [5.74, 6) is -1.09. The number of para-hydroxylation sites is 2. The molecule has 0 radical (unpaired) electrons. The molecule has 5 nitrogen and oxygen atoms in total. The van der Waals surface area contributed by atoms with Crippen molar-refractivity contribution in [2.24, 2.45) is 0 Å². The Bertz CT molecular complexity index is 734. The van der Waals surface area contributed by atoms with Crippen LogP contribution in [0.2, 0.25) is 0 Å². The molecule has 0 aliphatic carbocycles. The number of phenolic OH excluding ortho intramolecular Hbond substituents is 1. The molecule has 5 heteroatoms. The summed E-state index contributed by atoms with van der Waals surface area (Å²) < 4.78 is 5.27. The van der Waals surface area contributed by atoms with Crippen molar-refractivity contribution in [3.05, 3.63) is 65.7 Å². The van der Waals surface area contributed by atoms with Gasteiger partial charge in [-0.05, 0) is 30.2 Å². The summed E-state index contributed by atoms with van der Waals surface area (Å²) in [6.45, 7) is 0. The Morgan fingerprint density at radius 1 is 1.04 bits per heavy atom. The van der Waals surface area contributed by atoms with Crippen LogP contribution < -0.4 is 4.74 Å². The number of rotatable bonds is 6. The standard InChI is InChI=1S/C18H16O5/c19-15-7-3-1-5-13(15)10-12-18(22)23-16-8-4-2-6-14(16)9-11-17(20)21/h1-9,11,19H,10,12H2,(H,20,21)/b11-9+. The molecule has 118 valence electrons. The SMILES string of the molecule is O=C(O)/C=C/c1ccccc1OC(=O)CCc1ccccc1O. The lowest BCUT2D eigenvalue weighted by Crippen LogP contribution is -2.09. The summed E-state index contributed by atoms with van der Waals surface area (Å²) in [7, 11) is 0. The first-order valence-electron chi connectivity index (χ1n) is 7.04. The minimum absolute atomic E-state index is 0.106. The van der Waals surface area contributed by atoms with Gasteiger partial charge in [0.05, 0.1) is 6.42 Å². The number of carboxylic acids is 1. The summed E-state index contributed by atoms with van der Waals surface area (Å²) in [5, 5.41) is 18.3. The third-order valence-corrected chi connectivity index (χ3v) is 3.14. The van der Waals surface area contributed by atoms with Gasteiger partial charge >= 0.3 is 11.9 Å². The zero-order valence-electron chi connectivity index (χ0n) is 12.3. The highest BCUT2D eigenvalue weighted by molar-refractivity contribution is 5.86. The second-order valence-corrected chi connectivity index (χ2v) is 4.81. The van der Waals surface area contributed by atoms with Crippen LogP contribution in [0.15, 0.2) is 54.6 Å². The molecule has 0 aromatic heterocycles. The predicted octanol–water partition coefficient (Wildman–Crippen LogP) is 3.03. The molecule has 0 atom stereocenters. The topological polar surface area (TPSA) is 83.8 Å². The lowest BCUT2D eigenvalue weighted by Gasteiger charge is -2.08. The van der Waals surface area contributed by atoms with Crippen LogP contribution in [0.25, 0.3) is 6.08 Å². The molecule has 0 saturated carbocycles. The average molecular weight is 312 g/mol. The van der Waals surface area contributed by atoms with E-state index in [4.69, 9.17) is 9.84 Å².